The highest BCUT2D eigenvalue weighted by atomic mass is 35.5. The molecule has 0 spiro atoms. The second-order valence-corrected chi connectivity index (χ2v) is 11.3. The van der Waals surface area contributed by atoms with Gasteiger partial charge in [-0.3, -0.25) is 4.79 Å². The molecular formula is C22H28ClN3O3S. The SMILES string of the molecule is CCS(=O)(=O)CCn1ccnc1C1CCN(C(=O)C2(c3ccc(Cl)cc3)CC2)CC1. The number of piperidine rings is 1. The van der Waals surface area contributed by atoms with E-state index in [4.69, 9.17) is 11.6 Å². The number of imidazole rings is 1. The van der Waals surface area contributed by atoms with E-state index in [9.17, 15) is 13.2 Å². The number of carbonyl (C=O) groups excluding carboxylic acids is 1. The van der Waals surface area contributed by atoms with Gasteiger partial charge < -0.3 is 9.47 Å². The van der Waals surface area contributed by atoms with E-state index in [1.54, 1.807) is 13.1 Å². The number of nitrogens with zero attached hydrogens (tertiary/aromatic N) is 3. The number of likely N-dealkylation sites (tertiary alicyclic amines) is 1. The van der Waals surface area contributed by atoms with E-state index in [2.05, 4.69) is 4.98 Å². The molecule has 6 nitrogen and oxygen atoms in total. The number of carbonyl (C=O) groups is 1. The number of aromatic nitrogens is 2. The Hall–Kier alpha value is -1.86. The fourth-order valence-corrected chi connectivity index (χ4v) is 5.30. The largest absolute Gasteiger partial charge is 0.342 e. The van der Waals surface area contributed by atoms with Crippen molar-refractivity contribution in [1.29, 1.82) is 0 Å². The van der Waals surface area contributed by atoms with Gasteiger partial charge in [-0.25, -0.2) is 13.4 Å². The second-order valence-electron chi connectivity index (χ2n) is 8.37. The quantitative estimate of drug-likeness (QED) is 0.649. The zero-order valence-corrected chi connectivity index (χ0v) is 18.8. The first kappa shape index (κ1) is 21.4. The number of hydrogen-bond acceptors (Lipinski definition) is 4. The third-order valence-corrected chi connectivity index (χ3v) is 8.47. The maximum absolute atomic E-state index is 13.3. The Morgan fingerprint density at radius 3 is 2.47 bits per heavy atom. The zero-order valence-electron chi connectivity index (χ0n) is 17.3. The van der Waals surface area contributed by atoms with Gasteiger partial charge in [0.2, 0.25) is 5.91 Å². The lowest BCUT2D eigenvalue weighted by Crippen LogP contribution is -2.44. The highest BCUT2D eigenvalue weighted by Crippen LogP contribution is 2.50. The molecule has 162 valence electrons. The fourth-order valence-electron chi connectivity index (χ4n) is 4.41. The summed E-state index contributed by atoms with van der Waals surface area (Å²) in [5.74, 6) is 1.70. The van der Waals surface area contributed by atoms with Crippen molar-refractivity contribution in [2.45, 2.75) is 50.5 Å². The molecule has 0 unspecified atom stereocenters. The van der Waals surface area contributed by atoms with Crippen LogP contribution in [0.1, 0.15) is 49.9 Å². The molecule has 2 aliphatic rings. The van der Waals surface area contributed by atoms with Crippen LogP contribution < -0.4 is 0 Å². The number of aryl methyl sites for hydroxylation is 1. The van der Waals surface area contributed by atoms with Crippen LogP contribution in [0.2, 0.25) is 5.02 Å². The number of rotatable bonds is 7. The first-order chi connectivity index (χ1) is 14.3. The Morgan fingerprint density at radius 2 is 1.87 bits per heavy atom. The maximum atomic E-state index is 13.3. The molecule has 4 rings (SSSR count). The van der Waals surface area contributed by atoms with Crippen LogP contribution in [0.25, 0.3) is 0 Å². The van der Waals surface area contributed by atoms with Crippen LogP contribution in [0.3, 0.4) is 0 Å². The number of amides is 1. The van der Waals surface area contributed by atoms with E-state index in [0.29, 0.717) is 24.7 Å². The molecule has 0 N–H and O–H groups in total. The van der Waals surface area contributed by atoms with Crippen molar-refractivity contribution in [3.8, 4) is 0 Å². The third kappa shape index (κ3) is 4.28. The lowest BCUT2D eigenvalue weighted by molar-refractivity contribution is -0.135. The summed E-state index contributed by atoms with van der Waals surface area (Å²) in [7, 11) is -3.01. The first-order valence-corrected chi connectivity index (χ1v) is 12.8. The Balaban J connectivity index is 1.38. The number of sulfone groups is 1. The van der Waals surface area contributed by atoms with Crippen LogP contribution in [0, 0.1) is 0 Å². The average molecular weight is 450 g/mol. The summed E-state index contributed by atoms with van der Waals surface area (Å²) in [6, 6.07) is 7.66. The molecule has 1 aromatic carbocycles. The topological polar surface area (TPSA) is 72.3 Å². The first-order valence-electron chi connectivity index (χ1n) is 10.6. The lowest BCUT2D eigenvalue weighted by Gasteiger charge is -2.34. The van der Waals surface area contributed by atoms with Crippen LogP contribution in [-0.2, 0) is 26.6 Å². The fraction of sp³-hybridized carbons (Fsp3) is 0.545. The zero-order chi connectivity index (χ0) is 21.4. The van der Waals surface area contributed by atoms with Gasteiger partial charge in [0.15, 0.2) is 9.84 Å². The van der Waals surface area contributed by atoms with Gasteiger partial charge in [0.05, 0.1) is 11.2 Å². The van der Waals surface area contributed by atoms with Crippen LogP contribution in [0.5, 0.6) is 0 Å². The Bertz CT molecular complexity index is 1000. The summed E-state index contributed by atoms with van der Waals surface area (Å²) in [6.07, 6.45) is 7.08. The minimum absolute atomic E-state index is 0.133. The molecule has 2 fully saturated rings. The lowest BCUT2D eigenvalue weighted by atomic mass is 9.91. The summed E-state index contributed by atoms with van der Waals surface area (Å²) in [6.45, 7) is 3.52. The monoisotopic (exact) mass is 449 g/mol. The molecule has 1 saturated carbocycles. The normalized spacial score (nSPS) is 19.1. The van der Waals surface area contributed by atoms with Gasteiger partial charge in [-0.05, 0) is 43.4 Å². The molecule has 0 bridgehead atoms. The van der Waals surface area contributed by atoms with Crippen molar-refractivity contribution < 1.29 is 13.2 Å². The number of halogens is 1. The van der Waals surface area contributed by atoms with Crippen molar-refractivity contribution in [2.24, 2.45) is 0 Å². The molecule has 2 aromatic rings. The standard InChI is InChI=1S/C22H28ClN3O3S/c1-2-30(28,29)16-15-25-14-11-24-20(25)17-7-12-26(13-8-17)21(27)22(9-10-22)18-3-5-19(23)6-4-18/h3-6,11,14,17H,2,7-10,12-13,15-16H2,1H3. The van der Waals surface area contributed by atoms with Crippen LogP contribution in [0.15, 0.2) is 36.7 Å². The van der Waals surface area contributed by atoms with Crippen molar-refractivity contribution in [3.05, 3.63) is 53.1 Å². The van der Waals surface area contributed by atoms with Gasteiger partial charge in [-0.2, -0.15) is 0 Å². The van der Waals surface area contributed by atoms with Crippen molar-refractivity contribution >= 4 is 27.3 Å². The average Bonchev–Trinajstić information content (AvgIpc) is 3.43. The van der Waals surface area contributed by atoms with Crippen molar-refractivity contribution in [2.75, 3.05) is 24.6 Å². The molecule has 30 heavy (non-hydrogen) atoms. The minimum Gasteiger partial charge on any atom is -0.342 e. The Labute approximate surface area is 183 Å². The van der Waals surface area contributed by atoms with Crippen molar-refractivity contribution in [1.82, 2.24) is 14.5 Å². The molecule has 1 aromatic heterocycles. The summed E-state index contributed by atoms with van der Waals surface area (Å²) in [5, 5.41) is 0.685. The molecule has 0 atom stereocenters. The van der Waals surface area contributed by atoms with Crippen molar-refractivity contribution in [3.63, 3.8) is 0 Å². The van der Waals surface area contributed by atoms with Gasteiger partial charge in [0.25, 0.3) is 0 Å². The smallest absolute Gasteiger partial charge is 0.233 e. The van der Waals surface area contributed by atoms with Gasteiger partial charge in [0, 0.05) is 48.7 Å². The van der Waals surface area contributed by atoms with E-state index in [1.165, 1.54) is 0 Å². The minimum atomic E-state index is -3.01. The van der Waals surface area contributed by atoms with Gasteiger partial charge in [-0.1, -0.05) is 30.7 Å². The summed E-state index contributed by atoms with van der Waals surface area (Å²) in [5.41, 5.74) is 0.691. The van der Waals surface area contributed by atoms with Crippen LogP contribution >= 0.6 is 11.6 Å². The van der Waals surface area contributed by atoms with Gasteiger partial charge in [0.1, 0.15) is 5.82 Å². The van der Waals surface area contributed by atoms with E-state index in [-0.39, 0.29) is 28.7 Å². The van der Waals surface area contributed by atoms with E-state index in [1.807, 2.05) is 39.9 Å². The maximum Gasteiger partial charge on any atom is 0.233 e. The molecular weight excluding hydrogens is 422 g/mol. The van der Waals surface area contributed by atoms with Gasteiger partial charge in [-0.15, -0.1) is 0 Å². The number of benzene rings is 1. The van der Waals surface area contributed by atoms with Gasteiger partial charge >= 0.3 is 0 Å². The predicted molar refractivity (Wildman–Crippen MR) is 117 cm³/mol. The summed E-state index contributed by atoms with van der Waals surface area (Å²) in [4.78, 5) is 19.8. The van der Waals surface area contributed by atoms with Crippen LogP contribution in [-0.4, -0.2) is 53.4 Å². The predicted octanol–water partition coefficient (Wildman–Crippen LogP) is 3.41. The second kappa shape index (κ2) is 8.35. The van der Waals surface area contributed by atoms with E-state index >= 15 is 0 Å². The summed E-state index contributed by atoms with van der Waals surface area (Å²) >= 11 is 6.01. The Kier molecular flexibility index (Phi) is 5.95. The highest BCUT2D eigenvalue weighted by molar-refractivity contribution is 7.91. The molecule has 1 aliphatic carbocycles. The van der Waals surface area contributed by atoms with Crippen LogP contribution in [0.4, 0.5) is 0 Å². The van der Waals surface area contributed by atoms with E-state index in [0.717, 1.165) is 37.1 Å². The number of hydrogen-bond donors (Lipinski definition) is 0. The highest BCUT2D eigenvalue weighted by Gasteiger charge is 2.53. The molecule has 0 radical (unpaired) electrons. The Morgan fingerprint density at radius 1 is 1.20 bits per heavy atom. The third-order valence-electron chi connectivity index (χ3n) is 6.53. The van der Waals surface area contributed by atoms with E-state index < -0.39 is 9.84 Å². The molecule has 8 heteroatoms. The molecule has 1 saturated heterocycles. The molecule has 2 heterocycles. The molecule has 1 aliphatic heterocycles. The summed E-state index contributed by atoms with van der Waals surface area (Å²) < 4.78 is 25.7. The molecule has 1 amide bonds.